The first-order chi connectivity index (χ1) is 13.1. The van der Waals surface area contributed by atoms with Crippen LogP contribution in [0, 0.1) is 11.8 Å². The molecule has 4 atom stereocenters. The summed E-state index contributed by atoms with van der Waals surface area (Å²) in [4.78, 5) is 37.2. The Morgan fingerprint density at radius 1 is 1.18 bits per heavy atom. The Labute approximate surface area is 158 Å². The van der Waals surface area contributed by atoms with Crippen molar-refractivity contribution in [3.63, 3.8) is 0 Å². The average Bonchev–Trinajstić information content (AvgIpc) is 2.62. The van der Waals surface area contributed by atoms with Gasteiger partial charge in [0.2, 0.25) is 5.78 Å². The number of nitrogens with two attached hydrogens (primary N) is 2. The van der Waals surface area contributed by atoms with E-state index in [4.69, 9.17) is 11.5 Å². The number of rotatable bonds is 1. The minimum absolute atomic E-state index is 0.000260. The number of carbonyl (C=O) groups is 3. The molecule has 0 spiro atoms. The topological polar surface area (TPSA) is 184 Å². The van der Waals surface area contributed by atoms with E-state index in [-0.39, 0.29) is 29.7 Å². The number of phenols is 1. The van der Waals surface area contributed by atoms with Gasteiger partial charge in [0.15, 0.2) is 11.4 Å². The van der Waals surface area contributed by atoms with E-state index < -0.39 is 58.0 Å². The molecular weight excluding hydrogens is 368 g/mol. The van der Waals surface area contributed by atoms with E-state index in [1.165, 1.54) is 6.07 Å². The highest BCUT2D eigenvalue weighted by molar-refractivity contribution is 6.24. The smallest absolute Gasteiger partial charge is 0.255 e. The van der Waals surface area contributed by atoms with Crippen LogP contribution in [0.1, 0.15) is 17.5 Å². The molecule has 28 heavy (non-hydrogen) atoms. The van der Waals surface area contributed by atoms with Crippen LogP contribution in [0.15, 0.2) is 35.1 Å². The van der Waals surface area contributed by atoms with Gasteiger partial charge in [0, 0.05) is 11.5 Å². The van der Waals surface area contributed by atoms with Gasteiger partial charge >= 0.3 is 0 Å². The van der Waals surface area contributed by atoms with E-state index in [1.807, 2.05) is 0 Å². The summed E-state index contributed by atoms with van der Waals surface area (Å²) in [6.07, 6.45) is 0.259. The number of phenolic OH excluding ortho intramolecular Hbond substituents is 1. The molecule has 0 unspecified atom stereocenters. The lowest BCUT2D eigenvalue weighted by Crippen LogP contribution is -2.65. The Kier molecular flexibility index (Phi) is 3.68. The Balaban J connectivity index is 1.96. The number of Topliss-reactive ketones (excluding diaryl/α,β-unsaturated/α-hetero) is 2. The molecule has 3 aliphatic carbocycles. The van der Waals surface area contributed by atoms with Crippen molar-refractivity contribution in [3.05, 3.63) is 46.2 Å². The van der Waals surface area contributed by atoms with Crippen LogP contribution in [0.5, 0.6) is 5.75 Å². The number of carbonyl (C=O) groups excluding carboxylic acids is 3. The molecule has 9 nitrogen and oxygen atoms in total. The molecule has 1 fully saturated rings. The lowest BCUT2D eigenvalue weighted by atomic mass is 9.58. The van der Waals surface area contributed by atoms with E-state index in [2.05, 4.69) is 0 Å². The zero-order chi connectivity index (χ0) is 20.5. The summed E-state index contributed by atoms with van der Waals surface area (Å²) < 4.78 is 0. The van der Waals surface area contributed by atoms with Crippen LogP contribution in [0.3, 0.4) is 0 Å². The first-order valence-corrected chi connectivity index (χ1v) is 8.65. The van der Waals surface area contributed by atoms with Crippen LogP contribution in [-0.4, -0.2) is 49.5 Å². The van der Waals surface area contributed by atoms with E-state index >= 15 is 0 Å². The molecule has 0 aromatic heterocycles. The van der Waals surface area contributed by atoms with Crippen molar-refractivity contribution in [2.24, 2.45) is 23.3 Å². The van der Waals surface area contributed by atoms with Crippen LogP contribution < -0.4 is 11.5 Å². The number of hydrogen-bond acceptors (Lipinski definition) is 8. The second kappa shape index (κ2) is 5.66. The molecule has 3 aliphatic rings. The Hall–Kier alpha value is -3.17. The molecule has 1 aromatic carbocycles. The molecule has 0 heterocycles. The summed E-state index contributed by atoms with van der Waals surface area (Å²) in [5, 5.41) is 42.3. The van der Waals surface area contributed by atoms with Crippen LogP contribution in [0.25, 0.3) is 5.76 Å². The number of aromatic hydroxyl groups is 1. The number of hydrogen-bond donors (Lipinski definition) is 6. The summed E-state index contributed by atoms with van der Waals surface area (Å²) in [5.41, 5.74) is 7.93. The number of aliphatic hydroxyl groups is 3. The Bertz CT molecular complexity index is 1030. The highest BCUT2D eigenvalue weighted by atomic mass is 16.3. The van der Waals surface area contributed by atoms with E-state index in [9.17, 15) is 34.8 Å². The van der Waals surface area contributed by atoms with Gasteiger partial charge in [-0.15, -0.1) is 0 Å². The molecule has 0 aliphatic heterocycles. The summed E-state index contributed by atoms with van der Waals surface area (Å²) in [7, 11) is 0. The van der Waals surface area contributed by atoms with Gasteiger partial charge in [0.1, 0.15) is 22.8 Å². The Morgan fingerprint density at radius 2 is 1.86 bits per heavy atom. The minimum Gasteiger partial charge on any atom is -0.508 e. The fourth-order valence-corrected chi connectivity index (χ4v) is 4.65. The molecular formula is C19H18N2O7. The summed E-state index contributed by atoms with van der Waals surface area (Å²) in [6, 6.07) is 3.19. The summed E-state index contributed by atoms with van der Waals surface area (Å²) >= 11 is 0. The molecule has 1 saturated carbocycles. The zero-order valence-electron chi connectivity index (χ0n) is 14.5. The number of benzene rings is 1. The van der Waals surface area contributed by atoms with Crippen molar-refractivity contribution in [1.82, 2.24) is 0 Å². The predicted molar refractivity (Wildman–Crippen MR) is 94.7 cm³/mol. The quantitative estimate of drug-likeness (QED) is 0.344. The summed E-state index contributed by atoms with van der Waals surface area (Å²) in [5.74, 6) is -7.02. The molecule has 1 aromatic rings. The highest BCUT2D eigenvalue weighted by Gasteiger charge is 2.62. The van der Waals surface area contributed by atoms with Crippen molar-refractivity contribution < 1.29 is 34.8 Å². The van der Waals surface area contributed by atoms with Gasteiger partial charge in [-0.2, -0.15) is 0 Å². The van der Waals surface area contributed by atoms with Crippen LogP contribution in [-0.2, 0) is 20.8 Å². The monoisotopic (exact) mass is 386 g/mol. The molecule has 0 saturated heterocycles. The fourth-order valence-electron chi connectivity index (χ4n) is 4.65. The van der Waals surface area contributed by atoms with E-state index in [0.717, 1.165) is 0 Å². The van der Waals surface area contributed by atoms with Gasteiger partial charge in [0.25, 0.3) is 5.91 Å². The van der Waals surface area contributed by atoms with E-state index in [1.54, 1.807) is 12.1 Å². The Morgan fingerprint density at radius 3 is 2.50 bits per heavy atom. The highest BCUT2D eigenvalue weighted by Crippen LogP contribution is 2.51. The van der Waals surface area contributed by atoms with Crippen molar-refractivity contribution in [2.75, 3.05) is 0 Å². The molecule has 8 N–H and O–H groups in total. The van der Waals surface area contributed by atoms with Crippen molar-refractivity contribution in [3.8, 4) is 5.75 Å². The van der Waals surface area contributed by atoms with Gasteiger partial charge < -0.3 is 31.9 Å². The SMILES string of the molecule is NC(=O)C1=C(O)[C@@]2(O)C(=O)C3=C(O)c4c(O)cccc4C[C@H]3C[C@H]2[C@H](N)C1=O. The molecule has 0 radical (unpaired) electrons. The molecule has 9 heteroatoms. The minimum atomic E-state index is -2.67. The number of primary amides is 1. The van der Waals surface area contributed by atoms with Gasteiger partial charge in [-0.3, -0.25) is 14.4 Å². The fraction of sp³-hybridized carbons (Fsp3) is 0.316. The second-order valence-electron chi connectivity index (χ2n) is 7.39. The largest absolute Gasteiger partial charge is 0.508 e. The third-order valence-corrected chi connectivity index (χ3v) is 5.99. The normalized spacial score (nSPS) is 32.0. The van der Waals surface area contributed by atoms with Gasteiger partial charge in [-0.05, 0) is 30.4 Å². The molecule has 146 valence electrons. The summed E-state index contributed by atoms with van der Waals surface area (Å²) in [6.45, 7) is 0. The first-order valence-electron chi connectivity index (χ1n) is 8.65. The molecule has 4 rings (SSSR count). The van der Waals surface area contributed by atoms with Gasteiger partial charge in [-0.25, -0.2) is 0 Å². The third-order valence-electron chi connectivity index (χ3n) is 5.99. The second-order valence-corrected chi connectivity index (χ2v) is 7.39. The maximum absolute atomic E-state index is 13.2. The number of ketones is 2. The van der Waals surface area contributed by atoms with Gasteiger partial charge in [0.05, 0.1) is 11.6 Å². The molecule has 0 bridgehead atoms. The lowest BCUT2D eigenvalue weighted by molar-refractivity contribution is -0.149. The van der Waals surface area contributed by atoms with Crippen LogP contribution >= 0.6 is 0 Å². The van der Waals surface area contributed by atoms with Gasteiger partial charge in [-0.1, -0.05) is 12.1 Å². The third kappa shape index (κ3) is 2.05. The van der Waals surface area contributed by atoms with E-state index in [0.29, 0.717) is 5.56 Å². The van der Waals surface area contributed by atoms with Crippen molar-refractivity contribution in [2.45, 2.75) is 24.5 Å². The first kappa shape index (κ1) is 18.2. The van der Waals surface area contributed by atoms with Crippen LogP contribution in [0.2, 0.25) is 0 Å². The predicted octanol–water partition coefficient (Wildman–Crippen LogP) is -0.639. The zero-order valence-corrected chi connectivity index (χ0v) is 14.5. The van der Waals surface area contributed by atoms with Crippen molar-refractivity contribution >= 4 is 23.2 Å². The standard InChI is InChI=1S/C19H18N2O7/c20-13-8-5-7-4-6-2-1-3-9(22)10(6)14(23)11(7)16(25)19(8,28)17(26)12(15(13)24)18(21)27/h1-3,7-8,13,22-23,26,28H,4-5,20H2,(H2,21,27)/t7-,8-,13-,19-/m0/s1. The van der Waals surface area contributed by atoms with Crippen molar-refractivity contribution in [1.29, 1.82) is 0 Å². The molecule has 1 amide bonds. The average molecular weight is 386 g/mol. The maximum atomic E-state index is 13.2. The number of aliphatic hydroxyl groups excluding tert-OH is 2. The number of fused-ring (bicyclic) bond motifs is 3. The maximum Gasteiger partial charge on any atom is 0.255 e. The lowest BCUT2D eigenvalue weighted by Gasteiger charge is -2.48. The number of amides is 1. The van der Waals surface area contributed by atoms with Crippen LogP contribution in [0.4, 0.5) is 0 Å².